The molecule has 0 fully saturated rings. The topological polar surface area (TPSA) is 57.0 Å². The summed E-state index contributed by atoms with van der Waals surface area (Å²) in [4.78, 5) is 15.7. The summed E-state index contributed by atoms with van der Waals surface area (Å²) in [5.74, 6) is -0.406. The van der Waals surface area contributed by atoms with Crippen LogP contribution in [0.2, 0.25) is 5.02 Å². The van der Waals surface area contributed by atoms with E-state index in [1.54, 1.807) is 35.3 Å². The molecule has 19 heavy (non-hydrogen) atoms. The Hall–Kier alpha value is -1.88. The van der Waals surface area contributed by atoms with Gasteiger partial charge in [-0.1, -0.05) is 23.7 Å². The maximum Gasteiger partial charge on any atom is 0.339 e. The Morgan fingerprint density at radius 1 is 1.47 bits per heavy atom. The number of hydrogen-bond acceptors (Lipinski definition) is 4. The first-order chi connectivity index (χ1) is 9.18. The van der Waals surface area contributed by atoms with Gasteiger partial charge in [-0.05, 0) is 19.1 Å². The molecule has 100 valence electrons. The molecule has 0 saturated carbocycles. The number of nitrogens with zero attached hydrogens (tertiary/aromatic N) is 3. The molecule has 1 heterocycles. The summed E-state index contributed by atoms with van der Waals surface area (Å²) in [6, 6.07) is 6.95. The first-order valence-corrected chi connectivity index (χ1v) is 6.32. The number of rotatable bonds is 5. The maximum atomic E-state index is 11.8. The number of carbonyl (C=O) groups is 1. The van der Waals surface area contributed by atoms with Gasteiger partial charge >= 0.3 is 5.97 Å². The minimum absolute atomic E-state index is 0.126. The lowest BCUT2D eigenvalue weighted by molar-refractivity contribution is 0.0485. The molecule has 0 radical (unpaired) electrons. The van der Waals surface area contributed by atoms with Crippen LogP contribution in [0.5, 0.6) is 0 Å². The van der Waals surface area contributed by atoms with Crippen LogP contribution in [0.4, 0.5) is 0 Å². The largest absolute Gasteiger partial charge is 0.462 e. The molecule has 0 aliphatic heterocycles. The Morgan fingerprint density at radius 3 is 2.95 bits per heavy atom. The zero-order valence-electron chi connectivity index (χ0n) is 10.5. The second kappa shape index (κ2) is 6.33. The third kappa shape index (κ3) is 3.54. The van der Waals surface area contributed by atoms with Gasteiger partial charge in [-0.3, -0.25) is 4.68 Å². The zero-order valence-corrected chi connectivity index (χ0v) is 11.2. The molecule has 0 aliphatic carbocycles. The number of aromatic nitrogens is 3. The van der Waals surface area contributed by atoms with Gasteiger partial charge in [-0.15, -0.1) is 0 Å². The highest BCUT2D eigenvalue weighted by Gasteiger charge is 2.12. The van der Waals surface area contributed by atoms with Crippen molar-refractivity contribution in [3.05, 3.63) is 47.5 Å². The van der Waals surface area contributed by atoms with E-state index in [0.717, 1.165) is 0 Å². The molecule has 2 rings (SSSR count). The Kier molecular flexibility index (Phi) is 4.52. The SMILES string of the molecule is C[C@@H](CCOC(=O)c1ccccc1Cl)n1cncn1. The average Bonchev–Trinajstić information content (AvgIpc) is 2.93. The van der Waals surface area contributed by atoms with Crippen molar-refractivity contribution in [2.45, 2.75) is 19.4 Å². The first kappa shape index (κ1) is 13.5. The van der Waals surface area contributed by atoms with Crippen LogP contribution < -0.4 is 0 Å². The molecule has 0 aliphatic rings. The molecule has 1 aromatic carbocycles. The Labute approximate surface area is 116 Å². The number of hydrogen-bond donors (Lipinski definition) is 0. The van der Waals surface area contributed by atoms with Crippen LogP contribution in [-0.4, -0.2) is 27.3 Å². The van der Waals surface area contributed by atoms with Gasteiger partial charge in [0.15, 0.2) is 0 Å². The molecule has 0 unspecified atom stereocenters. The van der Waals surface area contributed by atoms with Gasteiger partial charge < -0.3 is 4.74 Å². The summed E-state index contributed by atoms with van der Waals surface area (Å²) in [5, 5.41) is 4.43. The molecule has 0 spiro atoms. The van der Waals surface area contributed by atoms with Crippen LogP contribution in [-0.2, 0) is 4.74 Å². The minimum Gasteiger partial charge on any atom is -0.462 e. The predicted octanol–water partition coefficient (Wildman–Crippen LogP) is 2.74. The summed E-state index contributed by atoms with van der Waals surface area (Å²) in [7, 11) is 0. The summed E-state index contributed by atoms with van der Waals surface area (Å²) >= 11 is 5.92. The fourth-order valence-electron chi connectivity index (χ4n) is 1.60. The third-order valence-electron chi connectivity index (χ3n) is 2.75. The number of esters is 1. The molecule has 6 heteroatoms. The van der Waals surface area contributed by atoms with Crippen molar-refractivity contribution in [2.24, 2.45) is 0 Å². The second-order valence-corrected chi connectivity index (χ2v) is 4.54. The van der Waals surface area contributed by atoms with Gasteiger partial charge in [0, 0.05) is 6.42 Å². The smallest absolute Gasteiger partial charge is 0.339 e. The van der Waals surface area contributed by atoms with Crippen molar-refractivity contribution >= 4 is 17.6 Å². The average molecular weight is 280 g/mol. The van der Waals surface area contributed by atoms with E-state index in [2.05, 4.69) is 10.1 Å². The van der Waals surface area contributed by atoms with Gasteiger partial charge in [0.05, 0.1) is 23.2 Å². The number of benzene rings is 1. The highest BCUT2D eigenvalue weighted by atomic mass is 35.5. The Balaban J connectivity index is 1.83. The van der Waals surface area contributed by atoms with Gasteiger partial charge in [-0.2, -0.15) is 5.10 Å². The van der Waals surface area contributed by atoms with Crippen molar-refractivity contribution in [1.82, 2.24) is 14.8 Å². The van der Waals surface area contributed by atoms with E-state index >= 15 is 0 Å². The summed E-state index contributed by atoms with van der Waals surface area (Å²) in [6.45, 7) is 2.29. The Morgan fingerprint density at radius 2 is 2.26 bits per heavy atom. The van der Waals surface area contributed by atoms with E-state index in [9.17, 15) is 4.79 Å². The minimum atomic E-state index is -0.406. The Bertz CT molecular complexity index is 543. The van der Waals surface area contributed by atoms with E-state index in [-0.39, 0.29) is 6.04 Å². The molecule has 0 amide bonds. The van der Waals surface area contributed by atoms with Crippen LogP contribution in [0.25, 0.3) is 0 Å². The van der Waals surface area contributed by atoms with Gasteiger partial charge in [0.1, 0.15) is 12.7 Å². The van der Waals surface area contributed by atoms with Crippen LogP contribution in [0.3, 0.4) is 0 Å². The molecule has 0 N–H and O–H groups in total. The van der Waals surface area contributed by atoms with Crippen molar-refractivity contribution in [3.8, 4) is 0 Å². The van der Waals surface area contributed by atoms with Gasteiger partial charge in [0.2, 0.25) is 0 Å². The molecule has 0 bridgehead atoms. The van der Waals surface area contributed by atoms with Gasteiger partial charge in [-0.25, -0.2) is 9.78 Å². The molecular formula is C13H14ClN3O2. The summed E-state index contributed by atoms with van der Waals surface area (Å²) in [5.41, 5.74) is 0.387. The van der Waals surface area contributed by atoms with Crippen molar-refractivity contribution in [2.75, 3.05) is 6.61 Å². The highest BCUT2D eigenvalue weighted by Crippen LogP contribution is 2.16. The second-order valence-electron chi connectivity index (χ2n) is 4.13. The standard InChI is InChI=1S/C13H14ClN3O2/c1-10(17-9-15-8-16-17)6-7-19-13(18)11-4-2-3-5-12(11)14/h2-5,8-10H,6-7H2,1H3/t10-/m0/s1. The van der Waals surface area contributed by atoms with Crippen LogP contribution in [0.1, 0.15) is 29.7 Å². The normalized spacial score (nSPS) is 12.1. The fourth-order valence-corrected chi connectivity index (χ4v) is 1.82. The monoisotopic (exact) mass is 279 g/mol. The molecule has 1 atom stereocenters. The van der Waals surface area contributed by atoms with E-state index in [1.165, 1.54) is 6.33 Å². The predicted molar refractivity (Wildman–Crippen MR) is 71.1 cm³/mol. The lowest BCUT2D eigenvalue weighted by Gasteiger charge is -2.11. The first-order valence-electron chi connectivity index (χ1n) is 5.94. The molecule has 0 saturated heterocycles. The van der Waals surface area contributed by atoms with E-state index in [0.29, 0.717) is 23.6 Å². The lowest BCUT2D eigenvalue weighted by Crippen LogP contribution is -2.12. The summed E-state index contributed by atoms with van der Waals surface area (Å²) < 4.78 is 6.92. The van der Waals surface area contributed by atoms with Crippen LogP contribution in [0, 0.1) is 0 Å². The molecular weight excluding hydrogens is 266 g/mol. The van der Waals surface area contributed by atoms with Crippen LogP contribution >= 0.6 is 11.6 Å². The number of carbonyl (C=O) groups excluding carboxylic acids is 1. The quantitative estimate of drug-likeness (QED) is 0.790. The van der Waals surface area contributed by atoms with Crippen LogP contribution in [0.15, 0.2) is 36.9 Å². The van der Waals surface area contributed by atoms with Crippen molar-refractivity contribution in [1.29, 1.82) is 0 Å². The van der Waals surface area contributed by atoms with Crippen molar-refractivity contribution < 1.29 is 9.53 Å². The number of ether oxygens (including phenoxy) is 1. The molecule has 1 aromatic heterocycles. The van der Waals surface area contributed by atoms with Gasteiger partial charge in [0.25, 0.3) is 0 Å². The zero-order chi connectivity index (χ0) is 13.7. The van der Waals surface area contributed by atoms with Crippen molar-refractivity contribution in [3.63, 3.8) is 0 Å². The molecule has 5 nitrogen and oxygen atoms in total. The molecule has 2 aromatic rings. The van der Waals surface area contributed by atoms with E-state index < -0.39 is 5.97 Å². The maximum absolute atomic E-state index is 11.8. The lowest BCUT2D eigenvalue weighted by atomic mass is 10.2. The highest BCUT2D eigenvalue weighted by molar-refractivity contribution is 6.33. The fraction of sp³-hybridized carbons (Fsp3) is 0.308. The van der Waals surface area contributed by atoms with E-state index in [1.807, 2.05) is 6.92 Å². The third-order valence-corrected chi connectivity index (χ3v) is 3.08. The number of halogens is 1. The summed E-state index contributed by atoms with van der Waals surface area (Å²) in [6.07, 6.45) is 3.78. The van der Waals surface area contributed by atoms with E-state index in [4.69, 9.17) is 16.3 Å².